The van der Waals surface area contributed by atoms with Gasteiger partial charge in [0, 0.05) is 20.3 Å². The van der Waals surface area contributed by atoms with Gasteiger partial charge in [0.25, 0.3) is 0 Å². The van der Waals surface area contributed by atoms with E-state index in [0.717, 1.165) is 10.5 Å². The fraction of sp³-hybridized carbons (Fsp3) is 0.455. The standard InChI is InChI=1S/C11H15F2N5O2S/c1-8-10(7-18(15-8)11(12)13)21(19,20)16(2)6-9-4-5-14-17(9)3/h4-5,7,11H,6H2,1-3H3. The topological polar surface area (TPSA) is 73.0 Å². The Morgan fingerprint density at radius 3 is 2.57 bits per heavy atom. The van der Waals surface area contributed by atoms with Gasteiger partial charge < -0.3 is 0 Å². The second-order valence-electron chi connectivity index (χ2n) is 4.54. The monoisotopic (exact) mass is 319 g/mol. The normalized spacial score (nSPS) is 12.5. The van der Waals surface area contributed by atoms with E-state index in [1.165, 1.54) is 14.0 Å². The van der Waals surface area contributed by atoms with Gasteiger partial charge in [-0.2, -0.15) is 23.3 Å². The van der Waals surface area contributed by atoms with E-state index in [1.54, 1.807) is 24.0 Å². The van der Waals surface area contributed by atoms with E-state index in [1.807, 2.05) is 0 Å². The van der Waals surface area contributed by atoms with Crippen LogP contribution in [0.25, 0.3) is 0 Å². The molecule has 0 atom stereocenters. The van der Waals surface area contributed by atoms with Gasteiger partial charge in [0.05, 0.1) is 24.1 Å². The molecule has 2 heterocycles. The van der Waals surface area contributed by atoms with Gasteiger partial charge in [-0.1, -0.05) is 0 Å². The van der Waals surface area contributed by atoms with Crippen LogP contribution in [-0.4, -0.2) is 39.3 Å². The highest BCUT2D eigenvalue weighted by atomic mass is 32.2. The largest absolute Gasteiger partial charge is 0.333 e. The lowest BCUT2D eigenvalue weighted by molar-refractivity contribution is 0.0561. The van der Waals surface area contributed by atoms with Crippen LogP contribution in [0.1, 0.15) is 17.9 Å². The van der Waals surface area contributed by atoms with Crippen LogP contribution in [0.5, 0.6) is 0 Å². The molecule has 7 nitrogen and oxygen atoms in total. The van der Waals surface area contributed by atoms with Gasteiger partial charge in [0.1, 0.15) is 4.90 Å². The Bertz CT molecular complexity index is 738. The molecule has 0 aliphatic rings. The van der Waals surface area contributed by atoms with Crippen LogP contribution in [0.2, 0.25) is 0 Å². The van der Waals surface area contributed by atoms with E-state index >= 15 is 0 Å². The third-order valence-electron chi connectivity index (χ3n) is 3.07. The Hall–Kier alpha value is -1.81. The molecule has 0 aliphatic carbocycles. The molecule has 0 spiro atoms. The molecule has 116 valence electrons. The summed E-state index contributed by atoms with van der Waals surface area (Å²) in [4.78, 5) is -0.229. The minimum atomic E-state index is -3.90. The maximum absolute atomic E-state index is 12.6. The van der Waals surface area contributed by atoms with Gasteiger partial charge in [0.15, 0.2) is 0 Å². The number of alkyl halides is 2. The van der Waals surface area contributed by atoms with Crippen molar-refractivity contribution in [3.8, 4) is 0 Å². The number of sulfonamides is 1. The summed E-state index contributed by atoms with van der Waals surface area (Å²) < 4.78 is 53.0. The second kappa shape index (κ2) is 5.53. The highest BCUT2D eigenvalue weighted by Gasteiger charge is 2.27. The predicted octanol–water partition coefficient (Wildman–Crippen LogP) is 1.14. The minimum absolute atomic E-state index is 0.0344. The third-order valence-corrected chi connectivity index (χ3v) is 4.97. The van der Waals surface area contributed by atoms with Crippen LogP contribution >= 0.6 is 0 Å². The zero-order valence-corrected chi connectivity index (χ0v) is 12.5. The molecule has 2 aromatic heterocycles. The van der Waals surface area contributed by atoms with E-state index in [2.05, 4.69) is 10.2 Å². The molecular weight excluding hydrogens is 304 g/mol. The van der Waals surface area contributed by atoms with Gasteiger partial charge >= 0.3 is 6.55 Å². The molecule has 2 rings (SSSR count). The molecule has 0 saturated heterocycles. The highest BCUT2D eigenvalue weighted by molar-refractivity contribution is 7.89. The number of halogens is 2. The summed E-state index contributed by atoms with van der Waals surface area (Å²) >= 11 is 0. The van der Waals surface area contributed by atoms with Crippen LogP contribution in [0, 0.1) is 6.92 Å². The van der Waals surface area contributed by atoms with Crippen LogP contribution in [0.15, 0.2) is 23.4 Å². The summed E-state index contributed by atoms with van der Waals surface area (Å²) in [7, 11) is -0.833. The lowest BCUT2D eigenvalue weighted by Crippen LogP contribution is -2.27. The molecule has 0 amide bonds. The lowest BCUT2D eigenvalue weighted by atomic mass is 10.4. The highest BCUT2D eigenvalue weighted by Crippen LogP contribution is 2.22. The molecule has 0 unspecified atom stereocenters. The Labute approximate surface area is 120 Å². The van der Waals surface area contributed by atoms with Crippen molar-refractivity contribution in [1.29, 1.82) is 0 Å². The van der Waals surface area contributed by atoms with Crippen LogP contribution in [0.4, 0.5) is 8.78 Å². The zero-order valence-electron chi connectivity index (χ0n) is 11.7. The fourth-order valence-corrected chi connectivity index (χ4v) is 3.15. The summed E-state index contributed by atoms with van der Waals surface area (Å²) in [5.74, 6) is 0. The van der Waals surface area contributed by atoms with E-state index in [0.29, 0.717) is 10.4 Å². The number of rotatable bonds is 5. The smallest absolute Gasteiger partial charge is 0.271 e. The maximum Gasteiger partial charge on any atom is 0.333 e. The molecule has 0 aromatic carbocycles. The number of aromatic nitrogens is 4. The average Bonchev–Trinajstić information content (AvgIpc) is 2.96. The Morgan fingerprint density at radius 2 is 2.10 bits per heavy atom. The number of aryl methyl sites for hydroxylation is 2. The van der Waals surface area contributed by atoms with E-state index in [-0.39, 0.29) is 17.1 Å². The quantitative estimate of drug-likeness (QED) is 0.828. The Kier molecular flexibility index (Phi) is 4.10. The summed E-state index contributed by atoms with van der Waals surface area (Å²) in [5, 5.41) is 7.47. The van der Waals surface area contributed by atoms with E-state index in [4.69, 9.17) is 0 Å². The first-order valence-electron chi connectivity index (χ1n) is 6.00. The van der Waals surface area contributed by atoms with Gasteiger partial charge in [-0.25, -0.2) is 13.1 Å². The Morgan fingerprint density at radius 1 is 1.43 bits per heavy atom. The molecule has 0 aliphatic heterocycles. The molecule has 10 heteroatoms. The fourth-order valence-electron chi connectivity index (χ4n) is 1.86. The molecule has 0 N–H and O–H groups in total. The van der Waals surface area contributed by atoms with Crippen molar-refractivity contribution in [2.75, 3.05) is 7.05 Å². The number of nitrogens with zero attached hydrogens (tertiary/aromatic N) is 5. The average molecular weight is 319 g/mol. The molecule has 2 aromatic rings. The predicted molar refractivity (Wildman–Crippen MR) is 70.1 cm³/mol. The van der Waals surface area contributed by atoms with Gasteiger partial charge in [-0.05, 0) is 13.0 Å². The summed E-state index contributed by atoms with van der Waals surface area (Å²) in [6, 6.07) is 1.68. The van der Waals surface area contributed by atoms with Crippen LogP contribution in [0.3, 0.4) is 0 Å². The van der Waals surface area contributed by atoms with Gasteiger partial charge in [0.2, 0.25) is 10.0 Å². The lowest BCUT2D eigenvalue weighted by Gasteiger charge is -2.16. The first kappa shape index (κ1) is 15.6. The summed E-state index contributed by atoms with van der Waals surface area (Å²) in [6.07, 6.45) is 2.39. The van der Waals surface area contributed by atoms with Crippen molar-refractivity contribution in [2.24, 2.45) is 7.05 Å². The van der Waals surface area contributed by atoms with Gasteiger partial charge in [-0.3, -0.25) is 4.68 Å². The number of hydrogen-bond donors (Lipinski definition) is 0. The summed E-state index contributed by atoms with van der Waals surface area (Å²) in [5.41, 5.74) is 0.715. The van der Waals surface area contributed by atoms with Crippen molar-refractivity contribution >= 4 is 10.0 Å². The molecular formula is C11H15F2N5O2S. The van der Waals surface area contributed by atoms with Crippen LogP contribution < -0.4 is 0 Å². The van der Waals surface area contributed by atoms with Crippen molar-refractivity contribution in [1.82, 2.24) is 23.9 Å². The maximum atomic E-state index is 12.6. The SMILES string of the molecule is Cc1nn(C(F)F)cc1S(=O)(=O)N(C)Cc1ccnn1C. The van der Waals surface area contributed by atoms with Crippen LogP contribution in [-0.2, 0) is 23.6 Å². The second-order valence-corrected chi connectivity index (χ2v) is 6.56. The molecule has 0 radical (unpaired) electrons. The molecule has 0 saturated carbocycles. The molecule has 0 fully saturated rings. The first-order chi connectivity index (χ1) is 9.73. The summed E-state index contributed by atoms with van der Waals surface area (Å²) in [6.45, 7) is -1.42. The van der Waals surface area contributed by atoms with Crippen molar-refractivity contribution in [3.05, 3.63) is 29.8 Å². The van der Waals surface area contributed by atoms with Crippen molar-refractivity contribution < 1.29 is 17.2 Å². The molecule has 0 bridgehead atoms. The van der Waals surface area contributed by atoms with E-state index < -0.39 is 16.6 Å². The Balaban J connectivity index is 2.31. The number of hydrogen-bond acceptors (Lipinski definition) is 4. The molecule has 21 heavy (non-hydrogen) atoms. The third kappa shape index (κ3) is 2.95. The van der Waals surface area contributed by atoms with Crippen molar-refractivity contribution in [3.63, 3.8) is 0 Å². The van der Waals surface area contributed by atoms with Crippen molar-refractivity contribution in [2.45, 2.75) is 24.9 Å². The zero-order chi connectivity index (χ0) is 15.8. The van der Waals surface area contributed by atoms with E-state index in [9.17, 15) is 17.2 Å². The van der Waals surface area contributed by atoms with Gasteiger partial charge in [-0.15, -0.1) is 0 Å². The minimum Gasteiger partial charge on any atom is -0.271 e. The first-order valence-corrected chi connectivity index (χ1v) is 7.44.